The minimum absolute atomic E-state index is 0.00981. The van der Waals surface area contributed by atoms with Crippen LogP contribution < -0.4 is 5.73 Å². The van der Waals surface area contributed by atoms with Crippen LogP contribution in [0.4, 0.5) is 14.5 Å². The molecular weight excluding hydrogens is 202 g/mol. The Balaban J connectivity index is 3.30. The predicted octanol–water partition coefficient (Wildman–Crippen LogP) is 2.07. The van der Waals surface area contributed by atoms with Crippen LogP contribution in [-0.4, -0.2) is 11.3 Å². The van der Waals surface area contributed by atoms with Crippen LogP contribution in [0.1, 0.15) is 22.6 Å². The Kier molecular flexibility index (Phi) is 2.77. The third-order valence-electron chi connectivity index (χ3n) is 1.38. The summed E-state index contributed by atoms with van der Waals surface area (Å²) >= 11 is 5.42. The van der Waals surface area contributed by atoms with E-state index < -0.39 is 12.1 Å². The molecule has 0 spiro atoms. The van der Waals surface area contributed by atoms with Gasteiger partial charge in [0.15, 0.2) is 6.29 Å². The first-order valence-electron chi connectivity index (χ1n) is 3.25. The molecule has 2 N–H and O–H groups in total. The standard InChI is InChI=1S/C7H5ClF2N2O/c8-3-1-4(11)5(2-13)12-6(3)7(9)10/h1-2,7H,11H2. The Hall–Kier alpha value is -1.23. The van der Waals surface area contributed by atoms with Crippen molar-refractivity contribution < 1.29 is 13.6 Å². The van der Waals surface area contributed by atoms with Gasteiger partial charge in [0.1, 0.15) is 11.4 Å². The molecule has 0 fully saturated rings. The average molecular weight is 207 g/mol. The van der Waals surface area contributed by atoms with E-state index >= 15 is 0 Å². The first-order chi connectivity index (χ1) is 6.06. The topological polar surface area (TPSA) is 56.0 Å². The number of nitrogens with zero attached hydrogens (tertiary/aromatic N) is 1. The molecule has 0 unspecified atom stereocenters. The van der Waals surface area contributed by atoms with E-state index in [1.165, 1.54) is 0 Å². The lowest BCUT2D eigenvalue weighted by Gasteiger charge is -2.04. The molecule has 13 heavy (non-hydrogen) atoms. The van der Waals surface area contributed by atoms with Crippen LogP contribution in [0.5, 0.6) is 0 Å². The van der Waals surface area contributed by atoms with Crippen LogP contribution in [0.3, 0.4) is 0 Å². The van der Waals surface area contributed by atoms with E-state index in [1.807, 2.05) is 0 Å². The van der Waals surface area contributed by atoms with Crippen molar-refractivity contribution in [2.24, 2.45) is 0 Å². The molecule has 1 rings (SSSR count). The highest BCUT2D eigenvalue weighted by atomic mass is 35.5. The number of aromatic nitrogens is 1. The maximum atomic E-state index is 12.2. The van der Waals surface area contributed by atoms with Gasteiger partial charge in [0.25, 0.3) is 6.43 Å². The third-order valence-corrected chi connectivity index (χ3v) is 1.68. The normalized spacial score (nSPS) is 10.5. The van der Waals surface area contributed by atoms with Gasteiger partial charge in [0.2, 0.25) is 0 Å². The van der Waals surface area contributed by atoms with E-state index in [0.29, 0.717) is 6.29 Å². The van der Waals surface area contributed by atoms with Gasteiger partial charge in [-0.05, 0) is 6.07 Å². The average Bonchev–Trinajstić information content (AvgIpc) is 2.03. The van der Waals surface area contributed by atoms with Crippen molar-refractivity contribution in [2.75, 3.05) is 5.73 Å². The Morgan fingerprint density at radius 1 is 1.62 bits per heavy atom. The second-order valence-electron chi connectivity index (χ2n) is 2.25. The first-order valence-corrected chi connectivity index (χ1v) is 3.63. The second kappa shape index (κ2) is 3.66. The number of aldehydes is 1. The quantitative estimate of drug-likeness (QED) is 0.754. The van der Waals surface area contributed by atoms with Crippen LogP contribution in [0.25, 0.3) is 0 Å². The molecule has 0 saturated carbocycles. The third kappa shape index (κ3) is 1.92. The van der Waals surface area contributed by atoms with Crippen molar-refractivity contribution in [1.82, 2.24) is 4.98 Å². The Morgan fingerprint density at radius 3 is 2.69 bits per heavy atom. The lowest BCUT2D eigenvalue weighted by molar-refractivity contribution is 0.111. The number of halogens is 3. The Bertz CT molecular complexity index is 344. The van der Waals surface area contributed by atoms with Gasteiger partial charge in [-0.15, -0.1) is 0 Å². The fourth-order valence-electron chi connectivity index (χ4n) is 0.780. The number of nitrogen functional groups attached to an aromatic ring is 1. The van der Waals surface area contributed by atoms with Crippen LogP contribution in [0.2, 0.25) is 5.02 Å². The van der Waals surface area contributed by atoms with E-state index in [9.17, 15) is 13.6 Å². The van der Waals surface area contributed by atoms with Gasteiger partial charge >= 0.3 is 0 Å². The molecule has 6 heteroatoms. The number of carbonyl (C=O) groups excluding carboxylic acids is 1. The van der Waals surface area contributed by atoms with Gasteiger partial charge in [0.05, 0.1) is 10.7 Å². The smallest absolute Gasteiger partial charge is 0.281 e. The monoisotopic (exact) mass is 206 g/mol. The maximum Gasteiger partial charge on any atom is 0.281 e. The number of alkyl halides is 2. The maximum absolute atomic E-state index is 12.2. The van der Waals surface area contributed by atoms with Crippen molar-refractivity contribution in [3.63, 3.8) is 0 Å². The molecule has 1 heterocycles. The summed E-state index contributed by atoms with van der Waals surface area (Å²) in [7, 11) is 0. The number of hydrogen-bond donors (Lipinski definition) is 1. The van der Waals surface area contributed by atoms with Gasteiger partial charge in [0, 0.05) is 0 Å². The van der Waals surface area contributed by atoms with Crippen LogP contribution in [0, 0.1) is 0 Å². The summed E-state index contributed by atoms with van der Waals surface area (Å²) in [6, 6.07) is 1.08. The molecule has 0 bridgehead atoms. The van der Waals surface area contributed by atoms with Crippen LogP contribution in [-0.2, 0) is 0 Å². The van der Waals surface area contributed by atoms with Crippen LogP contribution >= 0.6 is 11.6 Å². The molecule has 0 aliphatic rings. The molecule has 0 aliphatic heterocycles. The summed E-state index contributed by atoms with van der Waals surface area (Å²) in [5, 5.41) is -0.238. The molecule has 1 aromatic rings. The summed E-state index contributed by atoms with van der Waals surface area (Å²) in [6.45, 7) is 0. The minimum atomic E-state index is -2.81. The number of hydrogen-bond acceptors (Lipinski definition) is 3. The highest BCUT2D eigenvalue weighted by Crippen LogP contribution is 2.27. The molecule has 70 valence electrons. The Morgan fingerprint density at radius 2 is 2.23 bits per heavy atom. The summed E-state index contributed by atoms with van der Waals surface area (Å²) in [6.07, 6.45) is -2.51. The van der Waals surface area contributed by atoms with E-state index in [-0.39, 0.29) is 16.4 Å². The zero-order valence-corrected chi connectivity index (χ0v) is 7.05. The molecule has 0 aliphatic carbocycles. The minimum Gasteiger partial charge on any atom is -0.397 e. The summed E-state index contributed by atoms with van der Waals surface area (Å²) in [4.78, 5) is 13.6. The molecule has 1 aromatic heterocycles. The fraction of sp³-hybridized carbons (Fsp3) is 0.143. The van der Waals surface area contributed by atoms with E-state index in [4.69, 9.17) is 17.3 Å². The van der Waals surface area contributed by atoms with Crippen molar-refractivity contribution in [2.45, 2.75) is 6.43 Å². The van der Waals surface area contributed by atoms with Gasteiger partial charge in [-0.2, -0.15) is 0 Å². The predicted molar refractivity (Wildman–Crippen MR) is 44.0 cm³/mol. The Labute approximate surface area is 77.5 Å². The molecular formula is C7H5ClF2N2O. The number of nitrogens with two attached hydrogens (primary N) is 1. The van der Waals surface area contributed by atoms with E-state index in [0.717, 1.165) is 6.07 Å². The number of pyridine rings is 1. The molecule has 0 amide bonds. The van der Waals surface area contributed by atoms with Gasteiger partial charge < -0.3 is 5.73 Å². The van der Waals surface area contributed by atoms with Crippen molar-refractivity contribution in [3.05, 3.63) is 22.5 Å². The molecule has 0 radical (unpaired) electrons. The molecule has 0 aromatic carbocycles. The van der Waals surface area contributed by atoms with E-state index in [1.54, 1.807) is 0 Å². The SMILES string of the molecule is Nc1cc(Cl)c(C(F)F)nc1C=O. The lowest BCUT2D eigenvalue weighted by Crippen LogP contribution is -2.01. The molecule has 0 atom stereocenters. The highest BCUT2D eigenvalue weighted by molar-refractivity contribution is 6.31. The molecule has 3 nitrogen and oxygen atoms in total. The first kappa shape index (κ1) is 9.85. The summed E-state index contributed by atoms with van der Waals surface area (Å²) in [5.74, 6) is 0. The number of carbonyl (C=O) groups is 1. The van der Waals surface area contributed by atoms with Crippen molar-refractivity contribution >= 4 is 23.6 Å². The largest absolute Gasteiger partial charge is 0.397 e. The van der Waals surface area contributed by atoms with Gasteiger partial charge in [-0.1, -0.05) is 11.6 Å². The lowest BCUT2D eigenvalue weighted by atomic mass is 10.2. The van der Waals surface area contributed by atoms with Crippen molar-refractivity contribution in [3.8, 4) is 0 Å². The van der Waals surface area contributed by atoms with Crippen molar-refractivity contribution in [1.29, 1.82) is 0 Å². The zero-order chi connectivity index (χ0) is 10.0. The second-order valence-corrected chi connectivity index (χ2v) is 2.66. The zero-order valence-electron chi connectivity index (χ0n) is 6.30. The van der Waals surface area contributed by atoms with Gasteiger partial charge in [-0.3, -0.25) is 4.79 Å². The number of anilines is 1. The fourth-order valence-corrected chi connectivity index (χ4v) is 1.02. The number of rotatable bonds is 2. The highest BCUT2D eigenvalue weighted by Gasteiger charge is 2.16. The summed E-state index contributed by atoms with van der Waals surface area (Å²) in [5.41, 5.74) is 4.42. The van der Waals surface area contributed by atoms with E-state index in [2.05, 4.69) is 4.98 Å². The summed E-state index contributed by atoms with van der Waals surface area (Å²) < 4.78 is 24.3. The van der Waals surface area contributed by atoms with Gasteiger partial charge in [-0.25, -0.2) is 13.8 Å². The molecule has 0 saturated heterocycles. The van der Waals surface area contributed by atoms with Crippen LogP contribution in [0.15, 0.2) is 6.07 Å².